The van der Waals surface area contributed by atoms with Crippen molar-refractivity contribution in [2.75, 3.05) is 23.9 Å². The SMILES string of the molecule is Nc1cc(F)c(Br)cc1N1CCCCO1. The lowest BCUT2D eigenvalue weighted by Gasteiger charge is -2.28. The Morgan fingerprint density at radius 1 is 1.40 bits per heavy atom. The number of nitrogens with two attached hydrogens (primary N) is 1. The fourth-order valence-corrected chi connectivity index (χ4v) is 1.89. The van der Waals surface area contributed by atoms with Gasteiger partial charge in [0, 0.05) is 12.6 Å². The van der Waals surface area contributed by atoms with E-state index in [-0.39, 0.29) is 5.82 Å². The minimum Gasteiger partial charge on any atom is -0.397 e. The maximum atomic E-state index is 13.1. The van der Waals surface area contributed by atoms with E-state index in [2.05, 4.69) is 15.9 Å². The van der Waals surface area contributed by atoms with Gasteiger partial charge in [-0.25, -0.2) is 4.39 Å². The van der Waals surface area contributed by atoms with Crippen LogP contribution < -0.4 is 10.8 Å². The Hall–Kier alpha value is -0.810. The van der Waals surface area contributed by atoms with Crippen LogP contribution in [0.2, 0.25) is 0 Å². The van der Waals surface area contributed by atoms with Crippen molar-refractivity contribution in [3.8, 4) is 0 Å². The number of hydroxylamine groups is 1. The van der Waals surface area contributed by atoms with E-state index in [0.29, 0.717) is 16.8 Å². The first-order chi connectivity index (χ1) is 7.18. The Kier molecular flexibility index (Phi) is 3.11. The van der Waals surface area contributed by atoms with Crippen LogP contribution in [-0.4, -0.2) is 13.2 Å². The molecule has 0 bridgehead atoms. The topological polar surface area (TPSA) is 38.5 Å². The van der Waals surface area contributed by atoms with Crippen molar-refractivity contribution < 1.29 is 9.23 Å². The van der Waals surface area contributed by atoms with Gasteiger partial charge in [-0.05, 0) is 34.8 Å². The average molecular weight is 275 g/mol. The summed E-state index contributed by atoms with van der Waals surface area (Å²) in [6.07, 6.45) is 2.12. The minimum absolute atomic E-state index is 0.353. The zero-order valence-corrected chi connectivity index (χ0v) is 9.76. The second-order valence-corrected chi connectivity index (χ2v) is 4.32. The number of benzene rings is 1. The van der Waals surface area contributed by atoms with Gasteiger partial charge in [-0.15, -0.1) is 0 Å². The third-order valence-electron chi connectivity index (χ3n) is 2.34. The van der Waals surface area contributed by atoms with Gasteiger partial charge in [0.25, 0.3) is 0 Å². The van der Waals surface area contributed by atoms with E-state index in [4.69, 9.17) is 10.6 Å². The van der Waals surface area contributed by atoms with Crippen LogP contribution >= 0.6 is 15.9 Å². The molecule has 1 aliphatic heterocycles. The van der Waals surface area contributed by atoms with Crippen molar-refractivity contribution in [2.24, 2.45) is 0 Å². The van der Waals surface area contributed by atoms with Crippen LogP contribution in [0, 0.1) is 5.82 Å². The molecule has 1 aromatic rings. The van der Waals surface area contributed by atoms with Crippen molar-refractivity contribution >= 4 is 27.3 Å². The highest BCUT2D eigenvalue weighted by Gasteiger charge is 2.16. The van der Waals surface area contributed by atoms with E-state index >= 15 is 0 Å². The molecule has 3 nitrogen and oxygen atoms in total. The third-order valence-corrected chi connectivity index (χ3v) is 2.95. The highest BCUT2D eigenvalue weighted by Crippen LogP contribution is 2.31. The maximum Gasteiger partial charge on any atom is 0.139 e. The van der Waals surface area contributed by atoms with Gasteiger partial charge in [-0.3, -0.25) is 9.90 Å². The van der Waals surface area contributed by atoms with Crippen LogP contribution in [0.3, 0.4) is 0 Å². The lowest BCUT2D eigenvalue weighted by atomic mass is 10.2. The predicted molar refractivity (Wildman–Crippen MR) is 61.0 cm³/mol. The molecule has 1 heterocycles. The Labute approximate surface area is 96.1 Å². The maximum absolute atomic E-state index is 13.1. The second-order valence-electron chi connectivity index (χ2n) is 3.47. The molecule has 2 N–H and O–H groups in total. The summed E-state index contributed by atoms with van der Waals surface area (Å²) in [6, 6.07) is 2.95. The van der Waals surface area contributed by atoms with Crippen LogP contribution in [-0.2, 0) is 4.84 Å². The first kappa shape index (κ1) is 10.7. The summed E-state index contributed by atoms with van der Waals surface area (Å²) in [5, 5.41) is 1.73. The third kappa shape index (κ3) is 2.23. The lowest BCUT2D eigenvalue weighted by Crippen LogP contribution is -2.30. The second kappa shape index (κ2) is 4.37. The van der Waals surface area contributed by atoms with E-state index in [9.17, 15) is 4.39 Å². The molecule has 0 amide bonds. The van der Waals surface area contributed by atoms with E-state index in [1.165, 1.54) is 6.07 Å². The van der Waals surface area contributed by atoms with Gasteiger partial charge in [0.05, 0.1) is 22.5 Å². The molecule has 5 heteroatoms. The number of rotatable bonds is 1. The number of anilines is 2. The summed E-state index contributed by atoms with van der Waals surface area (Å²) < 4.78 is 13.5. The van der Waals surface area contributed by atoms with Gasteiger partial charge in [-0.2, -0.15) is 0 Å². The molecule has 0 unspecified atom stereocenters. The Bertz CT molecular complexity index is 367. The van der Waals surface area contributed by atoms with Gasteiger partial charge in [0.15, 0.2) is 0 Å². The normalized spacial score (nSPS) is 16.8. The molecule has 0 aromatic heterocycles. The largest absolute Gasteiger partial charge is 0.397 e. The number of hydrogen-bond donors (Lipinski definition) is 1. The van der Waals surface area contributed by atoms with Gasteiger partial charge in [0.2, 0.25) is 0 Å². The minimum atomic E-state index is -0.353. The van der Waals surface area contributed by atoms with Gasteiger partial charge >= 0.3 is 0 Å². The monoisotopic (exact) mass is 274 g/mol. The van der Waals surface area contributed by atoms with Gasteiger partial charge in [0.1, 0.15) is 5.82 Å². The smallest absolute Gasteiger partial charge is 0.139 e. The van der Waals surface area contributed by atoms with Crippen molar-refractivity contribution in [2.45, 2.75) is 12.8 Å². The van der Waals surface area contributed by atoms with Crippen LogP contribution in [0.15, 0.2) is 16.6 Å². The molecular formula is C10H12BrFN2O. The lowest BCUT2D eigenvalue weighted by molar-refractivity contribution is 0.0781. The van der Waals surface area contributed by atoms with Crippen molar-refractivity contribution in [3.05, 3.63) is 22.4 Å². The fraction of sp³-hybridized carbons (Fsp3) is 0.400. The summed E-state index contributed by atoms with van der Waals surface area (Å²) in [5.41, 5.74) is 6.86. The molecule has 0 radical (unpaired) electrons. The number of nitrogen functional groups attached to an aromatic ring is 1. The number of nitrogens with zero attached hydrogens (tertiary/aromatic N) is 1. The number of hydrogen-bond acceptors (Lipinski definition) is 3. The van der Waals surface area contributed by atoms with Crippen LogP contribution in [0.25, 0.3) is 0 Å². The first-order valence-electron chi connectivity index (χ1n) is 4.83. The molecule has 15 heavy (non-hydrogen) atoms. The summed E-state index contributed by atoms with van der Waals surface area (Å²) in [7, 11) is 0. The molecule has 0 atom stereocenters. The molecule has 0 aliphatic carbocycles. The molecule has 1 fully saturated rings. The predicted octanol–water partition coefficient (Wildman–Crippen LogP) is 2.70. The molecule has 0 saturated carbocycles. The quantitative estimate of drug-likeness (QED) is 0.801. The molecule has 1 aromatic carbocycles. The summed E-state index contributed by atoms with van der Waals surface area (Å²) >= 11 is 3.13. The summed E-state index contributed by atoms with van der Waals surface area (Å²) in [4.78, 5) is 5.45. The number of halogens is 2. The Balaban J connectivity index is 2.30. The summed E-state index contributed by atoms with van der Waals surface area (Å²) in [6.45, 7) is 1.48. The van der Waals surface area contributed by atoms with Crippen LogP contribution in [0.1, 0.15) is 12.8 Å². The van der Waals surface area contributed by atoms with Crippen LogP contribution in [0.4, 0.5) is 15.8 Å². The van der Waals surface area contributed by atoms with Crippen molar-refractivity contribution in [1.82, 2.24) is 0 Å². The van der Waals surface area contributed by atoms with Gasteiger partial charge < -0.3 is 5.73 Å². The Morgan fingerprint density at radius 3 is 2.87 bits per heavy atom. The molecule has 2 rings (SSSR count). The molecule has 1 saturated heterocycles. The van der Waals surface area contributed by atoms with E-state index in [1.807, 2.05) is 0 Å². The fourth-order valence-electron chi connectivity index (χ4n) is 1.55. The van der Waals surface area contributed by atoms with E-state index in [1.54, 1.807) is 11.1 Å². The van der Waals surface area contributed by atoms with Crippen molar-refractivity contribution in [3.63, 3.8) is 0 Å². The molecule has 82 valence electrons. The molecule has 0 spiro atoms. The standard InChI is InChI=1S/C10H12BrFN2O/c11-7-5-10(9(13)6-8(7)12)14-3-1-2-4-15-14/h5-6H,1-4,13H2. The zero-order valence-electron chi connectivity index (χ0n) is 8.17. The summed E-state index contributed by atoms with van der Waals surface area (Å²) in [5.74, 6) is -0.353. The Morgan fingerprint density at radius 2 is 2.20 bits per heavy atom. The average Bonchev–Trinajstić information content (AvgIpc) is 2.25. The van der Waals surface area contributed by atoms with Gasteiger partial charge in [-0.1, -0.05) is 0 Å². The van der Waals surface area contributed by atoms with Crippen LogP contribution in [0.5, 0.6) is 0 Å². The van der Waals surface area contributed by atoms with E-state index < -0.39 is 0 Å². The molecular weight excluding hydrogens is 263 g/mol. The first-order valence-corrected chi connectivity index (χ1v) is 5.63. The highest BCUT2D eigenvalue weighted by molar-refractivity contribution is 9.10. The van der Waals surface area contributed by atoms with E-state index in [0.717, 1.165) is 25.1 Å². The molecule has 1 aliphatic rings. The zero-order chi connectivity index (χ0) is 10.8. The van der Waals surface area contributed by atoms with Crippen molar-refractivity contribution in [1.29, 1.82) is 0 Å². The highest BCUT2D eigenvalue weighted by atomic mass is 79.9.